The van der Waals surface area contributed by atoms with E-state index in [0.717, 1.165) is 0 Å². The molecule has 2 rings (SSSR count). The van der Waals surface area contributed by atoms with E-state index >= 15 is 0 Å². The molecule has 1 aromatic carbocycles. The summed E-state index contributed by atoms with van der Waals surface area (Å²) in [6.07, 6.45) is 0.116. The van der Waals surface area contributed by atoms with Crippen molar-refractivity contribution in [2.45, 2.75) is 52.7 Å². The Morgan fingerprint density at radius 3 is 2.62 bits per heavy atom. The molecule has 0 aliphatic carbocycles. The van der Waals surface area contributed by atoms with Gasteiger partial charge in [-0.2, -0.15) is 0 Å². The van der Waals surface area contributed by atoms with Crippen molar-refractivity contribution < 1.29 is 14.0 Å². The van der Waals surface area contributed by atoms with Crippen LogP contribution in [0.2, 0.25) is 0 Å². The number of amides is 2. The summed E-state index contributed by atoms with van der Waals surface area (Å²) in [6.45, 7) is 10.2. The van der Waals surface area contributed by atoms with Gasteiger partial charge < -0.3 is 10.2 Å². The van der Waals surface area contributed by atoms with E-state index in [1.165, 1.54) is 6.07 Å². The van der Waals surface area contributed by atoms with Crippen molar-refractivity contribution in [3.05, 3.63) is 35.6 Å². The van der Waals surface area contributed by atoms with Crippen LogP contribution < -0.4 is 5.32 Å². The van der Waals surface area contributed by atoms with Crippen molar-refractivity contribution in [3.63, 3.8) is 0 Å². The van der Waals surface area contributed by atoms with Crippen LogP contribution in [0.4, 0.5) is 4.39 Å². The lowest BCUT2D eigenvalue weighted by Gasteiger charge is -2.37. The third kappa shape index (κ3) is 5.27. The molecule has 2 amide bonds. The lowest BCUT2D eigenvalue weighted by atomic mass is 10.0. The molecule has 26 heavy (non-hydrogen) atoms. The van der Waals surface area contributed by atoms with Gasteiger partial charge in [0.15, 0.2) is 0 Å². The first-order valence-corrected chi connectivity index (χ1v) is 9.34. The summed E-state index contributed by atoms with van der Waals surface area (Å²) in [5.74, 6) is -0.119. The molecule has 1 heterocycles. The smallest absolute Gasteiger partial charge is 0.237 e. The molecule has 1 saturated heterocycles. The topological polar surface area (TPSA) is 52.7 Å². The quantitative estimate of drug-likeness (QED) is 0.809. The predicted octanol–water partition coefficient (Wildman–Crippen LogP) is 2.41. The highest BCUT2D eigenvalue weighted by Gasteiger charge is 2.33. The minimum absolute atomic E-state index is 0.0331. The van der Waals surface area contributed by atoms with Crippen molar-refractivity contribution in [3.8, 4) is 0 Å². The fourth-order valence-electron chi connectivity index (χ4n) is 3.30. The Hall–Kier alpha value is -1.95. The van der Waals surface area contributed by atoms with Gasteiger partial charge in [-0.1, -0.05) is 32.0 Å². The van der Waals surface area contributed by atoms with Crippen molar-refractivity contribution in [1.82, 2.24) is 15.1 Å². The number of carbonyl (C=O) groups is 2. The first kappa shape index (κ1) is 20.4. The molecule has 0 aromatic heterocycles. The van der Waals surface area contributed by atoms with Crippen LogP contribution in [0.5, 0.6) is 0 Å². The molecular weight excluding hydrogens is 333 g/mol. The Morgan fingerprint density at radius 1 is 1.31 bits per heavy atom. The number of halogens is 1. The maximum absolute atomic E-state index is 14.0. The Balaban J connectivity index is 2.13. The van der Waals surface area contributed by atoms with Crippen LogP contribution in [0.1, 0.15) is 39.7 Å². The minimum atomic E-state index is -0.565. The lowest BCUT2D eigenvalue weighted by Crippen LogP contribution is -2.56. The molecule has 1 fully saturated rings. The summed E-state index contributed by atoms with van der Waals surface area (Å²) in [6, 6.07) is 6.09. The van der Waals surface area contributed by atoms with Gasteiger partial charge in [0.25, 0.3) is 0 Å². The Morgan fingerprint density at radius 2 is 2.00 bits per heavy atom. The summed E-state index contributed by atoms with van der Waals surface area (Å²) < 4.78 is 14.0. The van der Waals surface area contributed by atoms with Crippen molar-refractivity contribution in [2.24, 2.45) is 5.92 Å². The second kappa shape index (κ2) is 9.12. The van der Waals surface area contributed by atoms with Gasteiger partial charge >= 0.3 is 0 Å². The van der Waals surface area contributed by atoms with E-state index in [1.54, 1.807) is 18.2 Å². The van der Waals surface area contributed by atoms with E-state index in [9.17, 15) is 14.0 Å². The van der Waals surface area contributed by atoms with Gasteiger partial charge in [-0.3, -0.25) is 14.5 Å². The van der Waals surface area contributed by atoms with Gasteiger partial charge in [0.05, 0.1) is 12.5 Å². The molecule has 0 spiro atoms. The maximum atomic E-state index is 14.0. The molecule has 1 N–H and O–H groups in total. The summed E-state index contributed by atoms with van der Waals surface area (Å²) in [5, 5.41) is 2.83. The van der Waals surface area contributed by atoms with E-state index in [1.807, 2.05) is 23.6 Å². The van der Waals surface area contributed by atoms with Crippen molar-refractivity contribution >= 4 is 11.8 Å². The van der Waals surface area contributed by atoms with Gasteiger partial charge in [0.1, 0.15) is 5.82 Å². The van der Waals surface area contributed by atoms with Crippen LogP contribution in [-0.2, 0) is 16.1 Å². The molecule has 144 valence electrons. The number of carbonyl (C=O) groups excluding carboxylic acids is 2. The van der Waals surface area contributed by atoms with Gasteiger partial charge in [0, 0.05) is 37.8 Å². The first-order valence-electron chi connectivity index (χ1n) is 9.34. The third-order valence-electron chi connectivity index (χ3n) is 4.65. The Kier molecular flexibility index (Phi) is 7.14. The number of hydrogen-bond acceptors (Lipinski definition) is 3. The van der Waals surface area contributed by atoms with Crippen LogP contribution >= 0.6 is 0 Å². The zero-order chi connectivity index (χ0) is 19.3. The van der Waals surface area contributed by atoms with Gasteiger partial charge in [0.2, 0.25) is 11.8 Å². The lowest BCUT2D eigenvalue weighted by molar-refractivity contribution is -0.140. The standard InChI is InChI=1S/C20H30FN3O2/c1-14(2)12-24(15(3)4)19(25)11-18-20(26)22-9-10-23(18)13-16-7-5-6-8-17(16)21/h5-8,14-15,18H,9-13H2,1-4H3,(H,22,26)/t18-/m1/s1. The molecule has 0 unspecified atom stereocenters. The number of benzene rings is 1. The Labute approximate surface area is 155 Å². The van der Waals surface area contributed by atoms with E-state index in [2.05, 4.69) is 19.2 Å². The number of piperazine rings is 1. The molecule has 1 atom stereocenters. The minimum Gasteiger partial charge on any atom is -0.353 e. The monoisotopic (exact) mass is 363 g/mol. The molecule has 0 saturated carbocycles. The fraction of sp³-hybridized carbons (Fsp3) is 0.600. The SMILES string of the molecule is CC(C)CN(C(=O)C[C@@H]1C(=O)NCCN1Cc1ccccc1F)C(C)C. The second-order valence-electron chi connectivity index (χ2n) is 7.61. The average Bonchev–Trinajstić information content (AvgIpc) is 2.57. The molecule has 1 aromatic rings. The average molecular weight is 363 g/mol. The summed E-state index contributed by atoms with van der Waals surface area (Å²) >= 11 is 0. The first-order chi connectivity index (χ1) is 12.3. The molecule has 6 heteroatoms. The van der Waals surface area contributed by atoms with Gasteiger partial charge in [-0.05, 0) is 25.8 Å². The highest BCUT2D eigenvalue weighted by molar-refractivity contribution is 5.89. The Bertz CT molecular complexity index is 633. The summed E-state index contributed by atoms with van der Waals surface area (Å²) in [5.41, 5.74) is 0.544. The molecular formula is C20H30FN3O2. The van der Waals surface area contributed by atoms with Crippen molar-refractivity contribution in [2.75, 3.05) is 19.6 Å². The number of hydrogen-bond donors (Lipinski definition) is 1. The van der Waals surface area contributed by atoms with Gasteiger partial charge in [-0.15, -0.1) is 0 Å². The van der Waals surface area contributed by atoms with E-state index in [4.69, 9.17) is 0 Å². The third-order valence-corrected chi connectivity index (χ3v) is 4.65. The molecule has 1 aliphatic heterocycles. The van der Waals surface area contributed by atoms with Gasteiger partial charge in [-0.25, -0.2) is 4.39 Å². The fourth-order valence-corrected chi connectivity index (χ4v) is 3.30. The van der Waals surface area contributed by atoms with Crippen LogP contribution in [0.15, 0.2) is 24.3 Å². The highest BCUT2D eigenvalue weighted by Crippen LogP contribution is 2.18. The second-order valence-corrected chi connectivity index (χ2v) is 7.61. The number of nitrogens with one attached hydrogen (secondary N) is 1. The van der Waals surface area contributed by atoms with Crippen LogP contribution in [0.25, 0.3) is 0 Å². The number of nitrogens with zero attached hydrogens (tertiary/aromatic N) is 2. The van der Waals surface area contributed by atoms with Crippen LogP contribution in [0.3, 0.4) is 0 Å². The molecule has 5 nitrogen and oxygen atoms in total. The van der Waals surface area contributed by atoms with E-state index in [-0.39, 0.29) is 30.1 Å². The molecule has 1 aliphatic rings. The van der Waals surface area contributed by atoms with E-state index in [0.29, 0.717) is 37.7 Å². The highest BCUT2D eigenvalue weighted by atomic mass is 19.1. The zero-order valence-electron chi connectivity index (χ0n) is 16.2. The summed E-state index contributed by atoms with van der Waals surface area (Å²) in [7, 11) is 0. The molecule has 0 bridgehead atoms. The zero-order valence-corrected chi connectivity index (χ0v) is 16.2. The number of rotatable bonds is 7. The van der Waals surface area contributed by atoms with Crippen LogP contribution in [0, 0.1) is 11.7 Å². The summed E-state index contributed by atoms with van der Waals surface area (Å²) in [4.78, 5) is 29.0. The van der Waals surface area contributed by atoms with Crippen LogP contribution in [-0.4, -0.2) is 53.3 Å². The molecule has 0 radical (unpaired) electrons. The maximum Gasteiger partial charge on any atom is 0.237 e. The predicted molar refractivity (Wildman–Crippen MR) is 99.9 cm³/mol. The largest absolute Gasteiger partial charge is 0.353 e. The normalized spacial score (nSPS) is 18.3. The van der Waals surface area contributed by atoms with E-state index < -0.39 is 6.04 Å². The van der Waals surface area contributed by atoms with Crippen molar-refractivity contribution in [1.29, 1.82) is 0 Å².